The normalized spacial score (nSPS) is 24.1. The van der Waals surface area contributed by atoms with Crippen LogP contribution in [0.5, 0.6) is 0 Å². The first-order valence-electron chi connectivity index (χ1n) is 5.92. The largest absolute Gasteiger partial charge is 0.393 e. The molecule has 1 saturated heterocycles. The Labute approximate surface area is 120 Å². The molecule has 1 N–H and O–H groups in total. The number of aliphatic hydroxyl groups is 1. The number of aliphatic hydroxyl groups excluding tert-OH is 1. The first-order chi connectivity index (χ1) is 8.50. The van der Waals surface area contributed by atoms with Gasteiger partial charge >= 0.3 is 0 Å². The number of halogens is 2. The number of amides is 1. The Bertz CT molecular complexity index is 466. The molecule has 0 radical (unpaired) electrons. The van der Waals surface area contributed by atoms with Crippen molar-refractivity contribution in [2.45, 2.75) is 19.4 Å². The van der Waals surface area contributed by atoms with Crippen LogP contribution in [0, 0.1) is 5.92 Å². The topological polar surface area (TPSA) is 40.5 Å². The van der Waals surface area contributed by atoms with Crippen molar-refractivity contribution in [3.8, 4) is 0 Å². The zero-order valence-corrected chi connectivity index (χ0v) is 12.4. The van der Waals surface area contributed by atoms with E-state index in [2.05, 4.69) is 15.9 Å². The number of rotatable bonds is 1. The van der Waals surface area contributed by atoms with Crippen molar-refractivity contribution in [1.82, 2.24) is 4.90 Å². The van der Waals surface area contributed by atoms with Gasteiger partial charge in [0.05, 0.1) is 16.7 Å². The molecule has 0 aliphatic carbocycles. The van der Waals surface area contributed by atoms with E-state index < -0.39 is 0 Å². The van der Waals surface area contributed by atoms with Crippen LogP contribution in [0.15, 0.2) is 22.7 Å². The number of piperidine rings is 1. The maximum absolute atomic E-state index is 12.4. The molecule has 1 fully saturated rings. The van der Waals surface area contributed by atoms with Crippen LogP contribution in [-0.4, -0.2) is 35.1 Å². The van der Waals surface area contributed by atoms with E-state index in [0.717, 1.165) is 4.47 Å². The molecule has 1 aromatic carbocycles. The second kappa shape index (κ2) is 5.59. The Morgan fingerprint density at radius 1 is 1.56 bits per heavy atom. The smallest absolute Gasteiger partial charge is 0.255 e. The van der Waals surface area contributed by atoms with Gasteiger partial charge in [-0.15, -0.1) is 0 Å². The number of nitrogens with zero attached hydrogens (tertiary/aromatic N) is 1. The van der Waals surface area contributed by atoms with Gasteiger partial charge in [0.25, 0.3) is 5.91 Å². The van der Waals surface area contributed by atoms with E-state index >= 15 is 0 Å². The van der Waals surface area contributed by atoms with E-state index in [9.17, 15) is 9.90 Å². The lowest BCUT2D eigenvalue weighted by atomic mass is 9.96. The van der Waals surface area contributed by atoms with Gasteiger partial charge in [-0.05, 0) is 40.4 Å². The third kappa shape index (κ3) is 2.71. The van der Waals surface area contributed by atoms with Crippen LogP contribution >= 0.6 is 27.5 Å². The Hall–Kier alpha value is -0.580. The number of benzene rings is 1. The summed E-state index contributed by atoms with van der Waals surface area (Å²) in [5.74, 6) is 0.0358. The third-order valence-electron chi connectivity index (χ3n) is 3.33. The highest BCUT2D eigenvalue weighted by Gasteiger charge is 2.28. The molecule has 1 aromatic rings. The zero-order chi connectivity index (χ0) is 13.3. The summed E-state index contributed by atoms with van der Waals surface area (Å²) in [5.41, 5.74) is 0.509. The van der Waals surface area contributed by atoms with Gasteiger partial charge in [0, 0.05) is 17.6 Å². The van der Waals surface area contributed by atoms with Gasteiger partial charge in [0.1, 0.15) is 0 Å². The van der Waals surface area contributed by atoms with Crippen LogP contribution < -0.4 is 0 Å². The Morgan fingerprint density at radius 2 is 2.28 bits per heavy atom. The fourth-order valence-electron chi connectivity index (χ4n) is 2.16. The molecule has 0 saturated carbocycles. The maximum Gasteiger partial charge on any atom is 0.255 e. The molecule has 0 bridgehead atoms. The summed E-state index contributed by atoms with van der Waals surface area (Å²) in [4.78, 5) is 14.1. The van der Waals surface area contributed by atoms with Crippen molar-refractivity contribution >= 4 is 33.4 Å². The summed E-state index contributed by atoms with van der Waals surface area (Å²) in [5, 5.41) is 10.1. The van der Waals surface area contributed by atoms with E-state index in [4.69, 9.17) is 11.6 Å². The average molecular weight is 333 g/mol. The highest BCUT2D eigenvalue weighted by atomic mass is 79.9. The van der Waals surface area contributed by atoms with E-state index in [1.54, 1.807) is 17.0 Å². The van der Waals surface area contributed by atoms with E-state index in [-0.39, 0.29) is 17.9 Å². The molecule has 1 aliphatic heterocycles. The van der Waals surface area contributed by atoms with Crippen molar-refractivity contribution < 1.29 is 9.90 Å². The van der Waals surface area contributed by atoms with Crippen LogP contribution in [0.2, 0.25) is 5.02 Å². The van der Waals surface area contributed by atoms with Crippen molar-refractivity contribution in [1.29, 1.82) is 0 Å². The summed E-state index contributed by atoms with van der Waals surface area (Å²) >= 11 is 9.45. The third-order valence-corrected chi connectivity index (χ3v) is 4.63. The molecule has 1 heterocycles. The quantitative estimate of drug-likeness (QED) is 0.859. The molecule has 0 aromatic heterocycles. The van der Waals surface area contributed by atoms with Gasteiger partial charge in [-0.25, -0.2) is 0 Å². The number of likely N-dealkylation sites (tertiary alicyclic amines) is 1. The highest BCUT2D eigenvalue weighted by molar-refractivity contribution is 9.10. The molecule has 2 rings (SSSR count). The molecule has 2 unspecified atom stereocenters. The molecule has 1 amide bonds. The van der Waals surface area contributed by atoms with Crippen LogP contribution in [0.3, 0.4) is 0 Å². The Morgan fingerprint density at radius 3 is 2.94 bits per heavy atom. The van der Waals surface area contributed by atoms with E-state index in [1.807, 2.05) is 13.0 Å². The van der Waals surface area contributed by atoms with Crippen LogP contribution in [-0.2, 0) is 0 Å². The SMILES string of the molecule is CC1CN(C(=O)c2cccc(Br)c2Cl)CCC1O. The summed E-state index contributed by atoms with van der Waals surface area (Å²) < 4.78 is 0.722. The van der Waals surface area contributed by atoms with E-state index in [0.29, 0.717) is 30.1 Å². The molecular formula is C13H15BrClNO2. The second-order valence-corrected chi connectivity index (χ2v) is 5.92. The van der Waals surface area contributed by atoms with Gasteiger partial charge in [-0.2, -0.15) is 0 Å². The predicted molar refractivity (Wildman–Crippen MR) is 74.8 cm³/mol. The predicted octanol–water partition coefficient (Wildman–Crippen LogP) is 2.95. The van der Waals surface area contributed by atoms with Crippen LogP contribution in [0.1, 0.15) is 23.7 Å². The van der Waals surface area contributed by atoms with Gasteiger partial charge in [-0.3, -0.25) is 4.79 Å². The fourth-order valence-corrected chi connectivity index (χ4v) is 2.73. The lowest BCUT2D eigenvalue weighted by molar-refractivity contribution is 0.0297. The minimum absolute atomic E-state index is 0.0694. The summed E-state index contributed by atoms with van der Waals surface area (Å²) in [6.45, 7) is 3.10. The van der Waals surface area contributed by atoms with Gasteiger partial charge in [0.15, 0.2) is 0 Å². The Kier molecular flexibility index (Phi) is 4.30. The molecule has 3 nitrogen and oxygen atoms in total. The Balaban J connectivity index is 2.19. The van der Waals surface area contributed by atoms with Gasteiger partial charge in [0.2, 0.25) is 0 Å². The molecule has 5 heteroatoms. The number of hydrogen-bond donors (Lipinski definition) is 1. The highest BCUT2D eigenvalue weighted by Crippen LogP contribution is 2.28. The van der Waals surface area contributed by atoms with Crippen molar-refractivity contribution in [2.24, 2.45) is 5.92 Å². The molecular weight excluding hydrogens is 318 g/mol. The van der Waals surface area contributed by atoms with E-state index in [1.165, 1.54) is 0 Å². The zero-order valence-electron chi connectivity index (χ0n) is 10.1. The maximum atomic E-state index is 12.4. The first-order valence-corrected chi connectivity index (χ1v) is 7.09. The molecule has 1 aliphatic rings. The van der Waals surface area contributed by atoms with Crippen LogP contribution in [0.4, 0.5) is 0 Å². The summed E-state index contributed by atoms with van der Waals surface area (Å²) in [7, 11) is 0. The molecule has 98 valence electrons. The molecule has 2 atom stereocenters. The first kappa shape index (κ1) is 13.8. The van der Waals surface area contributed by atoms with Crippen molar-refractivity contribution in [3.63, 3.8) is 0 Å². The summed E-state index contributed by atoms with van der Waals surface area (Å²) in [6, 6.07) is 5.33. The minimum atomic E-state index is -0.313. The number of carbonyl (C=O) groups is 1. The van der Waals surface area contributed by atoms with Crippen molar-refractivity contribution in [2.75, 3.05) is 13.1 Å². The lowest BCUT2D eigenvalue weighted by Crippen LogP contribution is -2.45. The average Bonchev–Trinajstić information content (AvgIpc) is 2.35. The van der Waals surface area contributed by atoms with Crippen LogP contribution in [0.25, 0.3) is 0 Å². The standard InChI is InChI=1S/C13H15BrClNO2/c1-8-7-16(6-5-11(8)17)13(18)9-3-2-4-10(14)12(9)15/h2-4,8,11,17H,5-7H2,1H3. The van der Waals surface area contributed by atoms with Gasteiger partial charge in [-0.1, -0.05) is 24.6 Å². The lowest BCUT2D eigenvalue weighted by Gasteiger charge is -2.34. The number of carbonyl (C=O) groups excluding carboxylic acids is 1. The summed E-state index contributed by atoms with van der Waals surface area (Å²) in [6.07, 6.45) is 0.311. The van der Waals surface area contributed by atoms with Crippen molar-refractivity contribution in [3.05, 3.63) is 33.3 Å². The monoisotopic (exact) mass is 331 g/mol. The minimum Gasteiger partial charge on any atom is -0.393 e. The fraction of sp³-hybridized carbons (Fsp3) is 0.462. The van der Waals surface area contributed by atoms with Gasteiger partial charge < -0.3 is 10.0 Å². The number of hydrogen-bond acceptors (Lipinski definition) is 2. The molecule has 0 spiro atoms. The molecule has 18 heavy (non-hydrogen) atoms. The second-order valence-electron chi connectivity index (χ2n) is 4.69.